The quantitative estimate of drug-likeness (QED) is 0.0447. The van der Waals surface area contributed by atoms with E-state index >= 15 is 0 Å². The molecule has 0 saturated carbocycles. The summed E-state index contributed by atoms with van der Waals surface area (Å²) in [5.41, 5.74) is 6.59. The zero-order chi connectivity index (χ0) is 46.8. The number of hydrogen-bond donors (Lipinski definition) is 8. The molecule has 2 atom stereocenters. The number of aromatic carboxylic acids is 1. The van der Waals surface area contributed by atoms with E-state index in [0.717, 1.165) is 7.11 Å². The van der Waals surface area contributed by atoms with Gasteiger partial charge in [-0.25, -0.2) is 4.79 Å². The highest BCUT2D eigenvalue weighted by Crippen LogP contribution is 2.39. The van der Waals surface area contributed by atoms with Crippen molar-refractivity contribution in [3.05, 3.63) is 147 Å². The van der Waals surface area contributed by atoms with Gasteiger partial charge in [0.25, 0.3) is 29.3 Å². The van der Waals surface area contributed by atoms with E-state index in [1.807, 2.05) is 0 Å². The molecular weight excluding hydrogens is 835 g/mol. The monoisotopic (exact) mass is 875 g/mol. The molecule has 2 unspecified atom stereocenters. The maximum Gasteiger partial charge on any atom is 0.335 e. The largest absolute Gasteiger partial charge is 0.504 e. The van der Waals surface area contributed by atoms with E-state index in [0.29, 0.717) is 11.3 Å². The van der Waals surface area contributed by atoms with E-state index in [2.05, 4.69) is 26.6 Å². The molecule has 20 heteroatoms. The molecule has 9 N–H and O–H groups in total. The number of non-ortho nitro benzene ring substituents is 1. The number of aryl methyl sites for hydroxylation is 1. The van der Waals surface area contributed by atoms with E-state index in [4.69, 9.17) is 15.2 Å². The smallest absolute Gasteiger partial charge is 0.335 e. The number of hydrogen-bond acceptors (Lipinski definition) is 12. The number of benzene rings is 5. The van der Waals surface area contributed by atoms with Gasteiger partial charge in [-0.05, 0) is 117 Å². The molecule has 0 heterocycles. The van der Waals surface area contributed by atoms with Gasteiger partial charge in [-0.15, -0.1) is 0 Å². The van der Waals surface area contributed by atoms with Gasteiger partial charge < -0.3 is 52.0 Å². The number of nitro groups is 1. The number of ether oxygens (including phenoxy) is 2. The van der Waals surface area contributed by atoms with Crippen LogP contribution in [0.1, 0.15) is 71.2 Å². The number of methoxy groups -OCH3 is 1. The highest BCUT2D eigenvalue weighted by molar-refractivity contribution is 6.10. The fourth-order valence-electron chi connectivity index (χ4n) is 6.02. The highest BCUT2D eigenvalue weighted by Gasteiger charge is 2.34. The van der Waals surface area contributed by atoms with Crippen LogP contribution < -0.4 is 37.1 Å². The van der Waals surface area contributed by atoms with Crippen LogP contribution in [0.3, 0.4) is 0 Å². The third-order valence-electron chi connectivity index (χ3n) is 9.27. The Kier molecular flexibility index (Phi) is 14.7. The lowest BCUT2D eigenvalue weighted by molar-refractivity contribution is -0.384. The number of nitrogens with one attached hydrogen (secondary N) is 5. The topological polar surface area (TPSA) is 308 Å². The fraction of sp³-hybridized carbons (Fsp3) is 0.159. The van der Waals surface area contributed by atoms with Crippen LogP contribution in [-0.4, -0.2) is 81.9 Å². The van der Waals surface area contributed by atoms with Crippen molar-refractivity contribution in [2.45, 2.75) is 39.0 Å². The van der Waals surface area contributed by atoms with E-state index in [9.17, 15) is 53.9 Å². The number of primary amides is 1. The molecule has 20 nitrogen and oxygen atoms in total. The van der Waals surface area contributed by atoms with Crippen LogP contribution in [0.2, 0.25) is 0 Å². The van der Waals surface area contributed by atoms with E-state index in [1.54, 1.807) is 20.8 Å². The zero-order valence-electron chi connectivity index (χ0n) is 34.5. The number of aromatic hydroxyl groups is 1. The number of carboxylic acids is 1. The number of nitrogens with zero attached hydrogens (tertiary/aromatic N) is 1. The first-order valence-corrected chi connectivity index (χ1v) is 19.1. The number of phenols is 1. The summed E-state index contributed by atoms with van der Waals surface area (Å²) in [4.78, 5) is 100.0. The van der Waals surface area contributed by atoms with E-state index < -0.39 is 70.3 Å². The molecular formula is C44H41N7O13. The molecule has 5 aromatic rings. The summed E-state index contributed by atoms with van der Waals surface area (Å²) in [7, 11) is 1.11. The maximum atomic E-state index is 13.5. The molecule has 64 heavy (non-hydrogen) atoms. The fourth-order valence-corrected chi connectivity index (χ4v) is 6.02. The first-order valence-electron chi connectivity index (χ1n) is 19.1. The van der Waals surface area contributed by atoms with Crippen LogP contribution >= 0.6 is 0 Å². The van der Waals surface area contributed by atoms with Gasteiger partial charge in [0.05, 0.1) is 27.8 Å². The second kappa shape index (κ2) is 20.3. The Morgan fingerprint density at radius 3 is 1.69 bits per heavy atom. The average Bonchev–Trinajstić information content (AvgIpc) is 3.25. The molecule has 0 saturated heterocycles. The van der Waals surface area contributed by atoms with Crippen LogP contribution in [0, 0.1) is 17.0 Å². The molecule has 0 fully saturated rings. The van der Waals surface area contributed by atoms with Gasteiger partial charge in [-0.2, -0.15) is 0 Å². The minimum Gasteiger partial charge on any atom is -0.504 e. The van der Waals surface area contributed by atoms with E-state index in [-0.39, 0.29) is 56.3 Å². The average molecular weight is 876 g/mol. The van der Waals surface area contributed by atoms with Crippen molar-refractivity contribution in [3.63, 3.8) is 0 Å². The van der Waals surface area contributed by atoms with Crippen molar-refractivity contribution >= 4 is 69.8 Å². The second-order valence-corrected chi connectivity index (χ2v) is 14.2. The number of rotatable bonds is 17. The normalized spacial score (nSPS) is 11.6. The lowest BCUT2D eigenvalue weighted by atomic mass is 10.1. The molecule has 5 rings (SSSR count). The third kappa shape index (κ3) is 11.4. The summed E-state index contributed by atoms with van der Waals surface area (Å²) in [5, 5.41) is 44.2. The molecule has 5 aromatic carbocycles. The summed E-state index contributed by atoms with van der Waals surface area (Å²) in [6.45, 7) is 4.94. The summed E-state index contributed by atoms with van der Waals surface area (Å²) >= 11 is 0. The number of nitro benzene ring substituents is 1. The Balaban J connectivity index is 1.25. The molecule has 0 spiro atoms. The molecule has 0 aliphatic heterocycles. The molecule has 0 bridgehead atoms. The van der Waals surface area contributed by atoms with Crippen molar-refractivity contribution in [1.82, 2.24) is 5.32 Å². The predicted octanol–water partition coefficient (Wildman–Crippen LogP) is 5.09. The Morgan fingerprint density at radius 1 is 0.672 bits per heavy atom. The Labute approximate surface area is 363 Å². The molecule has 0 aliphatic carbocycles. The van der Waals surface area contributed by atoms with Gasteiger partial charge in [-0.3, -0.25) is 38.9 Å². The van der Waals surface area contributed by atoms with Crippen LogP contribution in [0.15, 0.2) is 103 Å². The lowest BCUT2D eigenvalue weighted by Crippen LogP contribution is -2.56. The Morgan fingerprint density at radius 2 is 1.17 bits per heavy atom. The first-order chi connectivity index (χ1) is 30.4. The van der Waals surface area contributed by atoms with Gasteiger partial charge in [0.2, 0.25) is 11.8 Å². The lowest BCUT2D eigenvalue weighted by Gasteiger charge is -2.24. The predicted molar refractivity (Wildman–Crippen MR) is 232 cm³/mol. The molecule has 0 aromatic heterocycles. The van der Waals surface area contributed by atoms with Gasteiger partial charge in [0, 0.05) is 53.0 Å². The van der Waals surface area contributed by atoms with Crippen molar-refractivity contribution in [1.29, 1.82) is 0 Å². The van der Waals surface area contributed by atoms with Gasteiger partial charge in [0.1, 0.15) is 6.04 Å². The van der Waals surface area contributed by atoms with Crippen molar-refractivity contribution in [3.8, 4) is 11.5 Å². The Hall–Kier alpha value is -8.65. The number of carbonyl (C=O) groups is 7. The molecule has 330 valence electrons. The molecule has 0 aliphatic rings. The first kappa shape index (κ1) is 46.4. The number of carbonyl (C=O) groups excluding carboxylic acids is 6. The standard InChI is InChI=1S/C44H41N7O13/c1-22(2)64-36-33(20-18-31(35(36)52)42(57)48-32-19-11-27(44(59)60)21-23(32)3)49-40(55)24-5-14-29(15-6-24)47-43(58)34(37(63-4)38(45)53)50-41(56)25-7-12-28(13-8-25)46-39(54)26-9-16-30(17-10-26)51(61)62/h5-22,34,37,52H,1-4H3,(H2,45,53)(H,46,54)(H,47,58)(H,48,57)(H,49,55)(H,50,56)(H,59,60). The Bertz CT molecular complexity index is 2630. The van der Waals surface area contributed by atoms with Crippen LogP contribution in [0.25, 0.3) is 0 Å². The van der Waals surface area contributed by atoms with Crippen LogP contribution in [-0.2, 0) is 14.3 Å². The number of anilines is 4. The number of nitrogens with two attached hydrogens (primary N) is 1. The van der Waals surface area contributed by atoms with Crippen molar-refractivity contribution in [2.75, 3.05) is 28.4 Å². The van der Waals surface area contributed by atoms with Crippen LogP contribution in [0.5, 0.6) is 11.5 Å². The number of amides is 6. The van der Waals surface area contributed by atoms with Crippen molar-refractivity contribution in [2.24, 2.45) is 5.73 Å². The molecule has 0 radical (unpaired) electrons. The van der Waals surface area contributed by atoms with Gasteiger partial charge >= 0.3 is 5.97 Å². The number of carboxylic acid groups (broad SMARTS) is 1. The summed E-state index contributed by atoms with van der Waals surface area (Å²) < 4.78 is 10.9. The van der Waals surface area contributed by atoms with E-state index in [1.165, 1.54) is 103 Å². The second-order valence-electron chi connectivity index (χ2n) is 14.2. The van der Waals surface area contributed by atoms with Gasteiger partial charge in [0.15, 0.2) is 17.6 Å². The van der Waals surface area contributed by atoms with Crippen molar-refractivity contribution < 1.29 is 58.2 Å². The summed E-state index contributed by atoms with van der Waals surface area (Å²) in [6.07, 6.45) is -2.13. The summed E-state index contributed by atoms with van der Waals surface area (Å²) in [6, 6.07) is 20.9. The zero-order valence-corrected chi connectivity index (χ0v) is 34.5. The van der Waals surface area contributed by atoms with Crippen LogP contribution in [0.4, 0.5) is 28.4 Å². The minimum absolute atomic E-state index is 0.0180. The molecule has 6 amide bonds. The van der Waals surface area contributed by atoms with Gasteiger partial charge in [-0.1, -0.05) is 0 Å². The summed E-state index contributed by atoms with van der Waals surface area (Å²) in [5.74, 6) is -6.67. The highest BCUT2D eigenvalue weighted by atomic mass is 16.6. The number of phenolic OH excluding ortho intramolecular Hbond substituents is 1. The maximum absolute atomic E-state index is 13.5. The third-order valence-corrected chi connectivity index (χ3v) is 9.27. The SMILES string of the molecule is COC(C(N)=O)C(NC(=O)c1ccc(NC(=O)c2ccc([N+](=O)[O-])cc2)cc1)C(=O)Nc1ccc(C(=O)Nc2ccc(C(=O)Nc3ccc(C(=O)O)cc3C)c(O)c2OC(C)C)cc1. The minimum atomic E-state index is -1.65.